The minimum Gasteiger partial charge on any atom is -0.355 e. The minimum absolute atomic E-state index is 0. The maximum atomic E-state index is 12.3. The fraction of sp³-hybridized carbons (Fsp3) is 0.462. The van der Waals surface area contributed by atoms with E-state index >= 15 is 0 Å². The summed E-state index contributed by atoms with van der Waals surface area (Å²) in [6.45, 7) is 2.14. The van der Waals surface area contributed by atoms with Gasteiger partial charge in [0.1, 0.15) is 0 Å². The van der Waals surface area contributed by atoms with Crippen molar-refractivity contribution in [3.63, 3.8) is 0 Å². The molecule has 0 atom stereocenters. The lowest BCUT2D eigenvalue weighted by Gasteiger charge is -2.27. The van der Waals surface area contributed by atoms with Gasteiger partial charge < -0.3 is 10.6 Å². The van der Waals surface area contributed by atoms with Gasteiger partial charge in [0, 0.05) is 37.6 Å². The SMILES string of the molecule is CN(CC(=O)NCC1CNC1)S(=O)(=O)c1ccc(Cl)cc1.Cl. The van der Waals surface area contributed by atoms with Crippen LogP contribution < -0.4 is 10.6 Å². The van der Waals surface area contributed by atoms with Gasteiger partial charge in [0.15, 0.2) is 0 Å². The number of carbonyl (C=O) groups excluding carboxylic acids is 1. The Kier molecular flexibility index (Phi) is 7.08. The van der Waals surface area contributed by atoms with Crippen LogP contribution in [0.15, 0.2) is 29.2 Å². The summed E-state index contributed by atoms with van der Waals surface area (Å²) in [4.78, 5) is 11.9. The molecule has 1 aliphatic rings. The Hall–Kier alpha value is -0.860. The summed E-state index contributed by atoms with van der Waals surface area (Å²) in [5.41, 5.74) is 0. The third kappa shape index (κ3) is 4.82. The number of halogens is 2. The molecule has 1 amide bonds. The topological polar surface area (TPSA) is 78.5 Å². The maximum absolute atomic E-state index is 12.3. The zero-order chi connectivity index (χ0) is 15.5. The lowest BCUT2D eigenvalue weighted by Crippen LogP contribution is -2.49. The zero-order valence-corrected chi connectivity index (χ0v) is 14.5. The van der Waals surface area contributed by atoms with Crippen LogP contribution in [0.1, 0.15) is 0 Å². The molecule has 2 rings (SSSR count). The molecule has 1 aromatic rings. The van der Waals surface area contributed by atoms with Crippen LogP contribution in [-0.2, 0) is 14.8 Å². The number of likely N-dealkylation sites (N-methyl/N-ethyl adjacent to an activating group) is 1. The van der Waals surface area contributed by atoms with Crippen LogP contribution in [0.2, 0.25) is 5.02 Å². The van der Waals surface area contributed by atoms with Crippen molar-refractivity contribution >= 4 is 39.9 Å². The van der Waals surface area contributed by atoms with Gasteiger partial charge in [0.25, 0.3) is 0 Å². The van der Waals surface area contributed by atoms with Crippen molar-refractivity contribution in [3.05, 3.63) is 29.3 Å². The number of rotatable bonds is 6. The van der Waals surface area contributed by atoms with Crippen molar-refractivity contribution in [1.29, 1.82) is 0 Å². The van der Waals surface area contributed by atoms with Gasteiger partial charge in [-0.2, -0.15) is 4.31 Å². The van der Waals surface area contributed by atoms with Crippen LogP contribution >= 0.6 is 24.0 Å². The van der Waals surface area contributed by atoms with E-state index in [4.69, 9.17) is 11.6 Å². The molecule has 1 aromatic carbocycles. The largest absolute Gasteiger partial charge is 0.355 e. The molecule has 9 heteroatoms. The van der Waals surface area contributed by atoms with Crippen LogP contribution in [0.3, 0.4) is 0 Å². The fourth-order valence-corrected chi connectivity index (χ4v) is 3.13. The quantitative estimate of drug-likeness (QED) is 0.776. The summed E-state index contributed by atoms with van der Waals surface area (Å²) < 4.78 is 25.6. The molecule has 0 saturated carbocycles. The van der Waals surface area contributed by atoms with Gasteiger partial charge in [-0.25, -0.2) is 8.42 Å². The van der Waals surface area contributed by atoms with Crippen molar-refractivity contribution in [2.24, 2.45) is 5.92 Å². The predicted octanol–water partition coefficient (Wildman–Crippen LogP) is 0.718. The molecule has 0 spiro atoms. The number of amides is 1. The number of carbonyl (C=O) groups is 1. The number of nitrogens with one attached hydrogen (secondary N) is 2. The minimum atomic E-state index is -3.68. The van der Waals surface area contributed by atoms with Gasteiger partial charge in [-0.3, -0.25) is 4.79 Å². The van der Waals surface area contributed by atoms with E-state index < -0.39 is 10.0 Å². The predicted molar refractivity (Wildman–Crippen MR) is 87.9 cm³/mol. The monoisotopic (exact) mass is 367 g/mol. The number of sulfonamides is 1. The summed E-state index contributed by atoms with van der Waals surface area (Å²) in [5, 5.41) is 6.31. The summed E-state index contributed by atoms with van der Waals surface area (Å²) in [7, 11) is -2.30. The van der Waals surface area contributed by atoms with Crippen LogP contribution in [-0.4, -0.2) is 51.9 Å². The highest BCUT2D eigenvalue weighted by atomic mass is 35.5. The summed E-state index contributed by atoms with van der Waals surface area (Å²) in [5.74, 6) is 0.133. The van der Waals surface area contributed by atoms with E-state index in [1.54, 1.807) is 0 Å². The summed E-state index contributed by atoms with van der Waals surface area (Å²) in [6, 6.07) is 5.86. The molecular weight excluding hydrogens is 349 g/mol. The standard InChI is InChI=1S/C13H18ClN3O3S.ClH/c1-17(9-13(18)16-8-10-6-15-7-10)21(19,20)12-4-2-11(14)3-5-12;/h2-5,10,15H,6-9H2,1H3,(H,16,18);1H. The second-order valence-corrected chi connectivity index (χ2v) is 7.52. The van der Waals surface area contributed by atoms with Crippen molar-refractivity contribution in [3.8, 4) is 0 Å². The van der Waals surface area contributed by atoms with E-state index in [2.05, 4.69) is 10.6 Å². The van der Waals surface area contributed by atoms with Gasteiger partial charge >= 0.3 is 0 Å². The van der Waals surface area contributed by atoms with Crippen LogP contribution in [0.4, 0.5) is 0 Å². The van der Waals surface area contributed by atoms with Crippen molar-refractivity contribution in [2.45, 2.75) is 4.90 Å². The number of benzene rings is 1. The average Bonchev–Trinajstić information content (AvgIpc) is 2.37. The Labute approximate surface area is 141 Å². The van der Waals surface area contributed by atoms with Crippen molar-refractivity contribution in [2.75, 3.05) is 33.2 Å². The highest BCUT2D eigenvalue weighted by molar-refractivity contribution is 7.89. The first kappa shape index (κ1) is 19.2. The molecule has 1 fully saturated rings. The molecular formula is C13H19Cl2N3O3S. The third-order valence-corrected chi connectivity index (χ3v) is 5.41. The number of hydrogen-bond donors (Lipinski definition) is 2. The molecule has 22 heavy (non-hydrogen) atoms. The van der Waals surface area contributed by atoms with Gasteiger partial charge in [0.2, 0.25) is 15.9 Å². The third-order valence-electron chi connectivity index (χ3n) is 3.34. The van der Waals surface area contributed by atoms with Gasteiger partial charge in [-0.05, 0) is 24.3 Å². The molecule has 6 nitrogen and oxygen atoms in total. The Morgan fingerprint density at radius 2 is 1.95 bits per heavy atom. The first-order valence-electron chi connectivity index (χ1n) is 6.59. The molecule has 0 bridgehead atoms. The molecule has 0 radical (unpaired) electrons. The highest BCUT2D eigenvalue weighted by Crippen LogP contribution is 2.17. The summed E-state index contributed by atoms with van der Waals surface area (Å²) in [6.07, 6.45) is 0. The average molecular weight is 368 g/mol. The molecule has 1 heterocycles. The maximum Gasteiger partial charge on any atom is 0.243 e. The van der Waals surface area contributed by atoms with E-state index in [-0.39, 0.29) is 29.8 Å². The van der Waals surface area contributed by atoms with E-state index in [9.17, 15) is 13.2 Å². The Balaban J connectivity index is 0.00000242. The Morgan fingerprint density at radius 1 is 1.36 bits per heavy atom. The van der Waals surface area contributed by atoms with E-state index in [1.165, 1.54) is 31.3 Å². The number of hydrogen-bond acceptors (Lipinski definition) is 4. The van der Waals surface area contributed by atoms with Crippen LogP contribution in [0, 0.1) is 5.92 Å². The smallest absolute Gasteiger partial charge is 0.243 e. The lowest BCUT2D eigenvalue weighted by atomic mass is 10.0. The summed E-state index contributed by atoms with van der Waals surface area (Å²) >= 11 is 5.74. The van der Waals surface area contributed by atoms with E-state index in [0.29, 0.717) is 17.5 Å². The number of nitrogens with zero attached hydrogens (tertiary/aromatic N) is 1. The molecule has 0 aliphatic carbocycles. The highest BCUT2D eigenvalue weighted by Gasteiger charge is 2.23. The molecule has 1 aliphatic heterocycles. The van der Waals surface area contributed by atoms with Crippen molar-refractivity contribution in [1.82, 2.24) is 14.9 Å². The molecule has 0 aromatic heterocycles. The second kappa shape index (κ2) is 8.12. The van der Waals surface area contributed by atoms with Crippen molar-refractivity contribution < 1.29 is 13.2 Å². The second-order valence-electron chi connectivity index (χ2n) is 5.04. The van der Waals surface area contributed by atoms with Gasteiger partial charge in [0.05, 0.1) is 11.4 Å². The first-order chi connectivity index (χ1) is 9.89. The normalized spacial score (nSPS) is 15.0. The molecule has 1 saturated heterocycles. The van der Waals surface area contributed by atoms with E-state index in [1.807, 2.05) is 0 Å². The van der Waals surface area contributed by atoms with Gasteiger partial charge in [-0.15, -0.1) is 12.4 Å². The molecule has 0 unspecified atom stereocenters. The van der Waals surface area contributed by atoms with Crippen LogP contribution in [0.5, 0.6) is 0 Å². The Morgan fingerprint density at radius 3 is 2.45 bits per heavy atom. The van der Waals surface area contributed by atoms with Crippen LogP contribution in [0.25, 0.3) is 0 Å². The Bertz CT molecular complexity index is 603. The van der Waals surface area contributed by atoms with Gasteiger partial charge in [-0.1, -0.05) is 11.6 Å². The molecule has 2 N–H and O–H groups in total. The fourth-order valence-electron chi connectivity index (χ4n) is 1.88. The van der Waals surface area contributed by atoms with E-state index in [0.717, 1.165) is 17.4 Å². The lowest BCUT2D eigenvalue weighted by molar-refractivity contribution is -0.121. The zero-order valence-electron chi connectivity index (χ0n) is 12.1. The first-order valence-corrected chi connectivity index (χ1v) is 8.40. The molecule has 124 valence electrons.